The molecule has 4 fully saturated rings. The zero-order valence-electron chi connectivity index (χ0n) is 10.4. The van der Waals surface area contributed by atoms with Gasteiger partial charge in [-0.05, 0) is 79.4 Å². The second-order valence-electron chi connectivity index (χ2n) is 6.75. The number of aromatic amines is 1. The Kier molecular flexibility index (Phi) is 2.03. The fourth-order valence-corrected chi connectivity index (χ4v) is 5.52. The Morgan fingerprint density at radius 2 is 2.00 bits per heavy atom. The van der Waals surface area contributed by atoms with E-state index < -0.39 is 0 Å². The molecule has 3 N–H and O–H groups in total. The highest BCUT2D eigenvalue weighted by molar-refractivity contribution is 5.27. The summed E-state index contributed by atoms with van der Waals surface area (Å²) in [4.78, 5) is 3.26. The van der Waals surface area contributed by atoms with Gasteiger partial charge in [0.1, 0.15) is 0 Å². The molecular formula is C15H22N2. The Labute approximate surface area is 103 Å². The SMILES string of the molecule is NCC1C2CC3CC1CC(c1cc[nH]c1)(C3)C2. The first kappa shape index (κ1) is 10.2. The molecular weight excluding hydrogens is 208 g/mol. The van der Waals surface area contributed by atoms with Gasteiger partial charge in [-0.2, -0.15) is 0 Å². The topological polar surface area (TPSA) is 41.8 Å². The van der Waals surface area contributed by atoms with Crippen LogP contribution in [0.1, 0.15) is 37.7 Å². The van der Waals surface area contributed by atoms with E-state index in [1.807, 2.05) is 0 Å². The molecule has 2 atom stereocenters. The summed E-state index contributed by atoms with van der Waals surface area (Å²) in [5.74, 6) is 3.66. The number of nitrogens with one attached hydrogen (secondary N) is 1. The molecule has 0 spiro atoms. The van der Waals surface area contributed by atoms with Crippen LogP contribution in [0.3, 0.4) is 0 Å². The maximum atomic E-state index is 6.01. The molecule has 17 heavy (non-hydrogen) atoms. The lowest BCUT2D eigenvalue weighted by molar-refractivity contribution is -0.0523. The van der Waals surface area contributed by atoms with Crippen LogP contribution in [-0.2, 0) is 5.41 Å². The average Bonchev–Trinajstić information content (AvgIpc) is 2.82. The molecule has 4 aliphatic rings. The first-order chi connectivity index (χ1) is 8.31. The van der Waals surface area contributed by atoms with Gasteiger partial charge in [-0.25, -0.2) is 0 Å². The summed E-state index contributed by atoms with van der Waals surface area (Å²) in [5, 5.41) is 0. The number of hydrogen-bond acceptors (Lipinski definition) is 1. The third kappa shape index (κ3) is 1.31. The minimum absolute atomic E-state index is 0.516. The summed E-state index contributed by atoms with van der Waals surface area (Å²) in [6, 6.07) is 2.31. The molecule has 1 aromatic rings. The van der Waals surface area contributed by atoms with Gasteiger partial charge in [-0.1, -0.05) is 0 Å². The maximum absolute atomic E-state index is 6.01. The number of aromatic nitrogens is 1. The van der Waals surface area contributed by atoms with Crippen LogP contribution in [-0.4, -0.2) is 11.5 Å². The summed E-state index contributed by atoms with van der Waals surface area (Å²) < 4.78 is 0. The minimum atomic E-state index is 0.516. The standard InChI is InChI=1S/C15H22N2/c16-8-14-11-3-10-4-12(14)7-15(5-10,6-11)13-1-2-17-9-13/h1-2,9-12,14,17H,3-8,16H2. The molecule has 0 amide bonds. The quantitative estimate of drug-likeness (QED) is 0.806. The van der Waals surface area contributed by atoms with E-state index >= 15 is 0 Å². The molecule has 0 radical (unpaired) electrons. The van der Waals surface area contributed by atoms with Crippen molar-refractivity contribution < 1.29 is 0 Å². The van der Waals surface area contributed by atoms with Crippen LogP contribution < -0.4 is 5.73 Å². The van der Waals surface area contributed by atoms with E-state index in [0.717, 1.165) is 30.2 Å². The van der Waals surface area contributed by atoms with Crippen LogP contribution in [0.25, 0.3) is 0 Å². The van der Waals surface area contributed by atoms with E-state index in [1.165, 1.54) is 32.1 Å². The zero-order chi connectivity index (χ0) is 11.5. The molecule has 0 aliphatic heterocycles. The van der Waals surface area contributed by atoms with Gasteiger partial charge in [0.05, 0.1) is 0 Å². The van der Waals surface area contributed by atoms with Gasteiger partial charge in [-0.3, -0.25) is 0 Å². The number of H-pyrrole nitrogens is 1. The van der Waals surface area contributed by atoms with Gasteiger partial charge in [0.15, 0.2) is 0 Å². The molecule has 0 saturated heterocycles. The normalized spacial score (nSPS) is 47.6. The van der Waals surface area contributed by atoms with Crippen molar-refractivity contribution in [1.82, 2.24) is 4.98 Å². The van der Waals surface area contributed by atoms with Crippen LogP contribution in [0, 0.1) is 23.7 Å². The molecule has 92 valence electrons. The lowest BCUT2D eigenvalue weighted by Crippen LogP contribution is -2.54. The third-order valence-corrected chi connectivity index (χ3v) is 5.95. The smallest absolute Gasteiger partial charge is 0.00430 e. The summed E-state index contributed by atoms with van der Waals surface area (Å²) in [5.41, 5.74) is 8.10. The number of nitrogens with two attached hydrogens (primary N) is 1. The Hall–Kier alpha value is -0.760. The summed E-state index contributed by atoms with van der Waals surface area (Å²) in [7, 11) is 0. The van der Waals surface area contributed by atoms with E-state index in [0.29, 0.717) is 5.41 Å². The van der Waals surface area contributed by atoms with Gasteiger partial charge >= 0.3 is 0 Å². The van der Waals surface area contributed by atoms with E-state index in [2.05, 4.69) is 23.4 Å². The molecule has 0 aromatic carbocycles. The molecule has 5 rings (SSSR count). The van der Waals surface area contributed by atoms with Gasteiger partial charge in [0, 0.05) is 12.4 Å². The predicted molar refractivity (Wildman–Crippen MR) is 68.6 cm³/mol. The largest absolute Gasteiger partial charge is 0.367 e. The van der Waals surface area contributed by atoms with Crippen molar-refractivity contribution in [3.8, 4) is 0 Å². The highest BCUT2D eigenvalue weighted by Gasteiger charge is 2.55. The van der Waals surface area contributed by atoms with Crippen LogP contribution in [0.5, 0.6) is 0 Å². The van der Waals surface area contributed by atoms with Crippen molar-refractivity contribution in [2.45, 2.75) is 37.5 Å². The highest BCUT2D eigenvalue weighted by Crippen LogP contribution is 2.62. The monoisotopic (exact) mass is 230 g/mol. The van der Waals surface area contributed by atoms with Crippen molar-refractivity contribution >= 4 is 0 Å². The van der Waals surface area contributed by atoms with Crippen molar-refractivity contribution in [3.63, 3.8) is 0 Å². The molecule has 1 heterocycles. The van der Waals surface area contributed by atoms with Crippen LogP contribution in [0.4, 0.5) is 0 Å². The van der Waals surface area contributed by atoms with Gasteiger partial charge in [-0.15, -0.1) is 0 Å². The lowest BCUT2D eigenvalue weighted by atomic mass is 9.45. The average molecular weight is 230 g/mol. The Balaban J connectivity index is 1.73. The molecule has 4 bridgehead atoms. The van der Waals surface area contributed by atoms with Crippen LogP contribution >= 0.6 is 0 Å². The Morgan fingerprint density at radius 1 is 1.24 bits per heavy atom. The first-order valence-corrected chi connectivity index (χ1v) is 7.14. The fraction of sp³-hybridized carbons (Fsp3) is 0.733. The molecule has 2 heteroatoms. The van der Waals surface area contributed by atoms with Crippen molar-refractivity contribution in [2.75, 3.05) is 6.54 Å². The second kappa shape index (κ2) is 3.38. The van der Waals surface area contributed by atoms with Crippen LogP contribution in [0.2, 0.25) is 0 Å². The second-order valence-corrected chi connectivity index (χ2v) is 6.75. The van der Waals surface area contributed by atoms with E-state index in [1.54, 1.807) is 5.56 Å². The van der Waals surface area contributed by atoms with E-state index in [4.69, 9.17) is 5.73 Å². The van der Waals surface area contributed by atoms with Crippen molar-refractivity contribution in [2.24, 2.45) is 29.4 Å². The number of hydrogen-bond donors (Lipinski definition) is 2. The lowest BCUT2D eigenvalue weighted by Gasteiger charge is -2.60. The van der Waals surface area contributed by atoms with Gasteiger partial charge < -0.3 is 10.7 Å². The molecule has 2 nitrogen and oxygen atoms in total. The molecule has 1 aromatic heterocycles. The summed E-state index contributed by atoms with van der Waals surface area (Å²) in [6.07, 6.45) is 11.5. The number of rotatable bonds is 2. The first-order valence-electron chi connectivity index (χ1n) is 7.14. The Bertz CT molecular complexity index is 393. The molecule has 4 saturated carbocycles. The fourth-order valence-electron chi connectivity index (χ4n) is 5.52. The zero-order valence-corrected chi connectivity index (χ0v) is 10.4. The third-order valence-electron chi connectivity index (χ3n) is 5.95. The Morgan fingerprint density at radius 3 is 2.59 bits per heavy atom. The maximum Gasteiger partial charge on any atom is 0.00430 e. The van der Waals surface area contributed by atoms with E-state index in [-0.39, 0.29) is 0 Å². The van der Waals surface area contributed by atoms with E-state index in [9.17, 15) is 0 Å². The van der Waals surface area contributed by atoms with Crippen molar-refractivity contribution in [3.05, 3.63) is 24.0 Å². The predicted octanol–water partition coefficient (Wildman–Crippen LogP) is 2.67. The highest BCUT2D eigenvalue weighted by atomic mass is 14.7. The minimum Gasteiger partial charge on any atom is -0.367 e. The summed E-state index contributed by atoms with van der Waals surface area (Å²) in [6.45, 7) is 0.922. The van der Waals surface area contributed by atoms with Gasteiger partial charge in [0.25, 0.3) is 0 Å². The van der Waals surface area contributed by atoms with Crippen molar-refractivity contribution in [1.29, 1.82) is 0 Å². The summed E-state index contributed by atoms with van der Waals surface area (Å²) >= 11 is 0. The van der Waals surface area contributed by atoms with Gasteiger partial charge in [0.2, 0.25) is 0 Å². The van der Waals surface area contributed by atoms with Crippen LogP contribution in [0.15, 0.2) is 18.5 Å². The molecule has 4 aliphatic carbocycles. The molecule has 2 unspecified atom stereocenters.